The van der Waals surface area contributed by atoms with Crippen LogP contribution >= 0.6 is 27.5 Å². The van der Waals surface area contributed by atoms with E-state index < -0.39 is 0 Å². The van der Waals surface area contributed by atoms with Gasteiger partial charge in [-0.1, -0.05) is 17.7 Å². The number of amides is 1. The molecule has 2 rings (SSSR count). The number of carbonyl (C=O) groups is 1. The minimum Gasteiger partial charge on any atom is -0.321 e. The average molecular weight is 343 g/mol. The lowest BCUT2D eigenvalue weighted by Crippen LogP contribution is -2.14. The summed E-state index contributed by atoms with van der Waals surface area (Å²) >= 11 is 9.35. The summed E-state index contributed by atoms with van der Waals surface area (Å²) in [6.45, 7) is 3.68. The maximum Gasteiger partial charge on any atom is 0.259 e. The van der Waals surface area contributed by atoms with Gasteiger partial charge in [0.05, 0.1) is 26.4 Å². The standard InChI is InChI=1S/C13H13BrClN3O/c1-7-11(8(2)18(3)17-7)13(19)16-10-6-4-5-9(15)12(10)14/h4-6H,1-3H3,(H,16,19). The number of halogens is 2. The molecule has 2 aromatic rings. The van der Waals surface area contributed by atoms with Gasteiger partial charge < -0.3 is 5.32 Å². The number of benzene rings is 1. The Bertz CT molecular complexity index is 652. The number of hydrogen-bond acceptors (Lipinski definition) is 2. The van der Waals surface area contributed by atoms with Crippen molar-refractivity contribution in [2.75, 3.05) is 5.32 Å². The van der Waals surface area contributed by atoms with Crippen LogP contribution in [0, 0.1) is 13.8 Å². The molecule has 6 heteroatoms. The van der Waals surface area contributed by atoms with Crippen molar-refractivity contribution in [1.29, 1.82) is 0 Å². The normalized spacial score (nSPS) is 10.6. The molecule has 1 N–H and O–H groups in total. The molecule has 0 aliphatic rings. The molecule has 100 valence electrons. The molecular formula is C13H13BrClN3O. The second kappa shape index (κ2) is 5.35. The maximum absolute atomic E-state index is 12.3. The Hall–Kier alpha value is -1.33. The van der Waals surface area contributed by atoms with Crippen LogP contribution in [0.2, 0.25) is 5.02 Å². The first-order valence-corrected chi connectivity index (χ1v) is 6.84. The molecule has 0 radical (unpaired) electrons. The third kappa shape index (κ3) is 2.67. The summed E-state index contributed by atoms with van der Waals surface area (Å²) in [6, 6.07) is 5.32. The van der Waals surface area contributed by atoms with Crippen molar-refractivity contribution >= 4 is 39.1 Å². The summed E-state index contributed by atoms with van der Waals surface area (Å²) < 4.78 is 2.36. The first kappa shape index (κ1) is 14.1. The molecule has 0 aliphatic heterocycles. The molecule has 0 bridgehead atoms. The lowest BCUT2D eigenvalue weighted by atomic mass is 10.2. The third-order valence-electron chi connectivity index (χ3n) is 2.94. The molecule has 0 aliphatic carbocycles. The zero-order chi connectivity index (χ0) is 14.2. The summed E-state index contributed by atoms with van der Waals surface area (Å²) in [5.74, 6) is -0.189. The second-order valence-electron chi connectivity index (χ2n) is 4.22. The highest BCUT2D eigenvalue weighted by Crippen LogP contribution is 2.30. The first-order valence-electron chi connectivity index (χ1n) is 5.67. The molecule has 0 atom stereocenters. The Morgan fingerprint density at radius 3 is 2.68 bits per heavy atom. The molecule has 0 saturated carbocycles. The van der Waals surface area contributed by atoms with Crippen LogP contribution in [0.4, 0.5) is 5.69 Å². The van der Waals surface area contributed by atoms with Crippen LogP contribution in [0.25, 0.3) is 0 Å². The van der Waals surface area contributed by atoms with E-state index in [1.807, 2.05) is 20.9 Å². The van der Waals surface area contributed by atoms with Gasteiger partial charge in [0.15, 0.2) is 0 Å². The average Bonchev–Trinajstić information content (AvgIpc) is 2.59. The van der Waals surface area contributed by atoms with E-state index in [1.54, 1.807) is 22.9 Å². The van der Waals surface area contributed by atoms with Crippen LogP contribution in [-0.4, -0.2) is 15.7 Å². The molecule has 1 aromatic heterocycles. The van der Waals surface area contributed by atoms with Gasteiger partial charge in [-0.3, -0.25) is 9.48 Å². The Balaban J connectivity index is 2.34. The zero-order valence-electron chi connectivity index (χ0n) is 10.8. The van der Waals surface area contributed by atoms with Crippen molar-refractivity contribution in [3.8, 4) is 0 Å². The molecule has 1 amide bonds. The third-order valence-corrected chi connectivity index (χ3v) is 4.33. The molecule has 0 spiro atoms. The minimum atomic E-state index is -0.189. The highest BCUT2D eigenvalue weighted by Gasteiger charge is 2.18. The number of aromatic nitrogens is 2. The summed E-state index contributed by atoms with van der Waals surface area (Å²) in [6.07, 6.45) is 0. The number of aryl methyl sites for hydroxylation is 2. The van der Waals surface area contributed by atoms with Crippen LogP contribution in [0.1, 0.15) is 21.7 Å². The lowest BCUT2D eigenvalue weighted by Gasteiger charge is -2.08. The SMILES string of the molecule is Cc1nn(C)c(C)c1C(=O)Nc1cccc(Cl)c1Br. The number of carbonyl (C=O) groups excluding carboxylic acids is 1. The topological polar surface area (TPSA) is 46.9 Å². The zero-order valence-corrected chi connectivity index (χ0v) is 13.1. The van der Waals surface area contributed by atoms with Crippen molar-refractivity contribution in [3.63, 3.8) is 0 Å². The van der Waals surface area contributed by atoms with Gasteiger partial charge in [-0.25, -0.2) is 0 Å². The molecular weight excluding hydrogens is 330 g/mol. The van der Waals surface area contributed by atoms with Crippen molar-refractivity contribution < 1.29 is 4.79 Å². The minimum absolute atomic E-state index is 0.189. The van der Waals surface area contributed by atoms with Gasteiger partial charge in [-0.15, -0.1) is 0 Å². The Kier molecular flexibility index (Phi) is 3.96. The number of hydrogen-bond donors (Lipinski definition) is 1. The fraction of sp³-hybridized carbons (Fsp3) is 0.231. The molecule has 0 saturated heterocycles. The summed E-state index contributed by atoms with van der Waals surface area (Å²) in [7, 11) is 1.81. The molecule has 19 heavy (non-hydrogen) atoms. The summed E-state index contributed by atoms with van der Waals surface area (Å²) in [4.78, 5) is 12.3. The van der Waals surface area contributed by atoms with Gasteiger partial charge in [0.25, 0.3) is 5.91 Å². The van der Waals surface area contributed by atoms with E-state index in [4.69, 9.17) is 11.6 Å². The largest absolute Gasteiger partial charge is 0.321 e. The highest BCUT2D eigenvalue weighted by atomic mass is 79.9. The fourth-order valence-electron chi connectivity index (χ4n) is 1.89. The lowest BCUT2D eigenvalue weighted by molar-refractivity contribution is 0.102. The van der Waals surface area contributed by atoms with Crippen molar-refractivity contribution in [3.05, 3.63) is 44.6 Å². The Morgan fingerprint density at radius 2 is 2.11 bits per heavy atom. The Morgan fingerprint density at radius 1 is 1.42 bits per heavy atom. The maximum atomic E-state index is 12.3. The monoisotopic (exact) mass is 341 g/mol. The highest BCUT2D eigenvalue weighted by molar-refractivity contribution is 9.10. The van der Waals surface area contributed by atoms with Gasteiger partial charge in [0.1, 0.15) is 0 Å². The van der Waals surface area contributed by atoms with Gasteiger partial charge in [0, 0.05) is 12.7 Å². The number of anilines is 1. The molecule has 4 nitrogen and oxygen atoms in total. The first-order chi connectivity index (χ1) is 8.91. The number of nitrogens with zero attached hydrogens (tertiary/aromatic N) is 2. The van der Waals surface area contributed by atoms with E-state index in [1.165, 1.54) is 0 Å². The van der Waals surface area contributed by atoms with E-state index in [9.17, 15) is 4.79 Å². The molecule has 0 unspecified atom stereocenters. The molecule has 0 fully saturated rings. The summed E-state index contributed by atoms with van der Waals surface area (Å²) in [5, 5.41) is 7.62. The van der Waals surface area contributed by atoms with E-state index >= 15 is 0 Å². The van der Waals surface area contributed by atoms with Crippen LogP contribution in [-0.2, 0) is 7.05 Å². The van der Waals surface area contributed by atoms with E-state index in [0.29, 0.717) is 26.4 Å². The number of rotatable bonds is 2. The van der Waals surface area contributed by atoms with E-state index in [2.05, 4.69) is 26.3 Å². The Labute approximate surface area is 124 Å². The molecule has 1 heterocycles. The van der Waals surface area contributed by atoms with Gasteiger partial charge >= 0.3 is 0 Å². The van der Waals surface area contributed by atoms with Crippen molar-refractivity contribution in [2.45, 2.75) is 13.8 Å². The van der Waals surface area contributed by atoms with Crippen molar-refractivity contribution in [1.82, 2.24) is 9.78 Å². The quantitative estimate of drug-likeness (QED) is 0.904. The van der Waals surface area contributed by atoms with Crippen LogP contribution in [0.15, 0.2) is 22.7 Å². The summed E-state index contributed by atoms with van der Waals surface area (Å²) in [5.41, 5.74) is 2.76. The van der Waals surface area contributed by atoms with Crippen molar-refractivity contribution in [2.24, 2.45) is 7.05 Å². The smallest absolute Gasteiger partial charge is 0.259 e. The van der Waals surface area contributed by atoms with E-state index in [-0.39, 0.29) is 5.91 Å². The van der Waals surface area contributed by atoms with Crippen LogP contribution < -0.4 is 5.32 Å². The second-order valence-corrected chi connectivity index (χ2v) is 5.43. The predicted octanol–water partition coefficient (Wildman–Crippen LogP) is 3.71. The van der Waals surface area contributed by atoms with Crippen LogP contribution in [0.3, 0.4) is 0 Å². The van der Waals surface area contributed by atoms with E-state index in [0.717, 1.165) is 5.69 Å². The predicted molar refractivity (Wildman–Crippen MR) is 79.8 cm³/mol. The van der Waals surface area contributed by atoms with Gasteiger partial charge in [0.2, 0.25) is 0 Å². The fourth-order valence-corrected chi connectivity index (χ4v) is 2.43. The van der Waals surface area contributed by atoms with Gasteiger partial charge in [-0.05, 0) is 41.9 Å². The van der Waals surface area contributed by atoms with Gasteiger partial charge in [-0.2, -0.15) is 5.10 Å². The van der Waals surface area contributed by atoms with Crippen LogP contribution in [0.5, 0.6) is 0 Å². The molecule has 1 aromatic carbocycles. The number of nitrogens with one attached hydrogen (secondary N) is 1.